The van der Waals surface area contributed by atoms with Gasteiger partial charge in [-0.15, -0.1) is 0 Å². The largest absolute Gasteiger partial charge is 0.416 e. The molecule has 9 nitrogen and oxygen atoms in total. The van der Waals surface area contributed by atoms with Crippen molar-refractivity contribution < 1.29 is 18.0 Å². The van der Waals surface area contributed by atoms with Crippen LogP contribution in [0, 0.1) is 0 Å². The third-order valence-corrected chi connectivity index (χ3v) is 6.62. The average Bonchev–Trinajstić information content (AvgIpc) is 3.26. The Bertz CT molecular complexity index is 1470. The van der Waals surface area contributed by atoms with E-state index in [1.54, 1.807) is 10.8 Å². The number of amides is 1. The van der Waals surface area contributed by atoms with Gasteiger partial charge in [0.15, 0.2) is 5.65 Å². The van der Waals surface area contributed by atoms with Crippen LogP contribution in [0.25, 0.3) is 11.2 Å². The molecule has 0 unspecified atom stereocenters. The highest BCUT2D eigenvalue weighted by atomic mass is 19.4. The van der Waals surface area contributed by atoms with Gasteiger partial charge in [-0.1, -0.05) is 6.07 Å². The number of nitrogens with one attached hydrogen (secondary N) is 2. The zero-order chi connectivity index (χ0) is 27.7. The summed E-state index contributed by atoms with van der Waals surface area (Å²) in [7, 11) is 2.12. The Morgan fingerprint density at radius 2 is 1.72 bits per heavy atom. The number of halogens is 3. The Morgan fingerprint density at radius 3 is 2.38 bits per heavy atom. The molecule has 1 fully saturated rings. The molecule has 1 amide bonds. The molecule has 0 atom stereocenters. The van der Waals surface area contributed by atoms with Crippen LogP contribution in [-0.4, -0.2) is 63.6 Å². The maximum absolute atomic E-state index is 13.1. The number of aromatic nitrogens is 4. The second-order valence-corrected chi connectivity index (χ2v) is 9.80. The van der Waals surface area contributed by atoms with E-state index < -0.39 is 17.6 Å². The van der Waals surface area contributed by atoms with Crippen molar-refractivity contribution in [3.8, 4) is 0 Å². The van der Waals surface area contributed by atoms with Crippen LogP contribution >= 0.6 is 0 Å². The smallest absolute Gasteiger partial charge is 0.369 e. The van der Waals surface area contributed by atoms with E-state index in [2.05, 4.69) is 54.6 Å². The van der Waals surface area contributed by atoms with Gasteiger partial charge in [0.05, 0.1) is 11.8 Å². The molecule has 4 aromatic rings. The number of alkyl halides is 3. The number of likely N-dealkylation sites (N-methyl/N-ethyl adjacent to an activating group) is 1. The van der Waals surface area contributed by atoms with E-state index in [0.29, 0.717) is 17.1 Å². The van der Waals surface area contributed by atoms with Crippen LogP contribution in [0.4, 0.5) is 36.4 Å². The maximum Gasteiger partial charge on any atom is 0.416 e. The van der Waals surface area contributed by atoms with E-state index >= 15 is 0 Å². The SMILES string of the molecule is CC(C)n1c(NC(=O)c2cccc(C(F)(F)F)c2)nc2cnc(Nc3ccc(N4CCN(C)CC4)cc3)nc21. The Hall–Kier alpha value is -4.19. The highest BCUT2D eigenvalue weighted by molar-refractivity contribution is 6.04. The van der Waals surface area contributed by atoms with E-state index in [1.165, 1.54) is 12.1 Å². The molecule has 39 heavy (non-hydrogen) atoms. The van der Waals surface area contributed by atoms with Crippen LogP contribution in [0.15, 0.2) is 54.7 Å². The van der Waals surface area contributed by atoms with Crippen molar-refractivity contribution in [2.75, 3.05) is 48.8 Å². The number of benzene rings is 2. The van der Waals surface area contributed by atoms with Crippen molar-refractivity contribution in [2.45, 2.75) is 26.1 Å². The fraction of sp³-hybridized carbons (Fsp3) is 0.333. The summed E-state index contributed by atoms with van der Waals surface area (Å²) in [5.74, 6) is -0.178. The minimum Gasteiger partial charge on any atom is -0.369 e. The minimum atomic E-state index is -4.55. The summed E-state index contributed by atoms with van der Waals surface area (Å²) >= 11 is 0. The lowest BCUT2D eigenvalue weighted by atomic mass is 10.1. The van der Waals surface area contributed by atoms with Gasteiger partial charge >= 0.3 is 6.18 Å². The molecular weight excluding hydrogens is 509 g/mol. The number of rotatable bonds is 6. The van der Waals surface area contributed by atoms with Crippen LogP contribution < -0.4 is 15.5 Å². The number of imidazole rings is 1. The summed E-state index contributed by atoms with van der Waals surface area (Å²) in [6.07, 6.45) is -3.01. The van der Waals surface area contributed by atoms with Crippen molar-refractivity contribution in [3.05, 3.63) is 65.9 Å². The lowest BCUT2D eigenvalue weighted by molar-refractivity contribution is -0.137. The summed E-state index contributed by atoms with van der Waals surface area (Å²) in [4.78, 5) is 30.9. The topological polar surface area (TPSA) is 91.2 Å². The molecule has 12 heteroatoms. The molecular formula is C27H29F3N8O. The number of fused-ring (bicyclic) bond motifs is 1. The predicted octanol–water partition coefficient (Wildman–Crippen LogP) is 5.17. The maximum atomic E-state index is 13.1. The Morgan fingerprint density at radius 1 is 1.00 bits per heavy atom. The number of hydrogen-bond donors (Lipinski definition) is 2. The fourth-order valence-corrected chi connectivity index (χ4v) is 4.49. The summed E-state index contributed by atoms with van der Waals surface area (Å²) in [5, 5.41) is 5.85. The number of nitrogens with zero attached hydrogens (tertiary/aromatic N) is 6. The summed E-state index contributed by atoms with van der Waals surface area (Å²) in [6.45, 7) is 7.81. The molecule has 2 N–H and O–H groups in total. The van der Waals surface area contributed by atoms with Crippen LogP contribution in [0.3, 0.4) is 0 Å². The lowest BCUT2D eigenvalue weighted by Crippen LogP contribution is -2.44. The van der Waals surface area contributed by atoms with Gasteiger partial charge in [-0.2, -0.15) is 18.2 Å². The molecule has 204 valence electrons. The molecule has 1 aliphatic heterocycles. The first-order chi connectivity index (χ1) is 18.6. The molecule has 2 aromatic carbocycles. The first-order valence-electron chi connectivity index (χ1n) is 12.6. The minimum absolute atomic E-state index is 0.124. The summed E-state index contributed by atoms with van der Waals surface area (Å²) in [5.41, 5.74) is 1.88. The van der Waals surface area contributed by atoms with Gasteiger partial charge in [-0.25, -0.2) is 9.97 Å². The quantitative estimate of drug-likeness (QED) is 0.350. The fourth-order valence-electron chi connectivity index (χ4n) is 4.49. The first kappa shape index (κ1) is 26.4. The van der Waals surface area contributed by atoms with Crippen LogP contribution in [0.2, 0.25) is 0 Å². The standard InChI is InChI=1S/C27H29F3N8O/c1-17(2)38-23-22(33-26(38)35-24(39)18-5-4-6-19(15-18)27(28,29)30)16-31-25(34-23)32-20-7-9-21(10-8-20)37-13-11-36(3)12-14-37/h4-10,15-17H,11-14H2,1-3H3,(H,31,32,34)(H,33,35,39). The normalized spacial score (nSPS) is 14.7. The third kappa shape index (κ3) is 5.80. The second kappa shape index (κ2) is 10.5. The number of piperazine rings is 1. The molecule has 0 radical (unpaired) electrons. The Labute approximate surface area is 223 Å². The van der Waals surface area contributed by atoms with E-state index in [-0.39, 0.29) is 17.6 Å². The molecule has 2 aromatic heterocycles. The summed E-state index contributed by atoms with van der Waals surface area (Å²) < 4.78 is 41.0. The molecule has 3 heterocycles. The zero-order valence-corrected chi connectivity index (χ0v) is 21.8. The first-order valence-corrected chi connectivity index (χ1v) is 12.6. The molecule has 0 aliphatic carbocycles. The van der Waals surface area contributed by atoms with Gasteiger partial charge in [-0.05, 0) is 63.4 Å². The lowest BCUT2D eigenvalue weighted by Gasteiger charge is -2.34. The number of hydrogen-bond acceptors (Lipinski definition) is 7. The van der Waals surface area contributed by atoms with Gasteiger partial charge in [0, 0.05) is 49.2 Å². The van der Waals surface area contributed by atoms with Crippen LogP contribution in [0.5, 0.6) is 0 Å². The Balaban J connectivity index is 1.36. The Kier molecular flexibility index (Phi) is 7.13. The van der Waals surface area contributed by atoms with Gasteiger partial charge in [0.2, 0.25) is 11.9 Å². The molecule has 5 rings (SSSR count). The monoisotopic (exact) mass is 538 g/mol. The van der Waals surface area contributed by atoms with Crippen molar-refractivity contribution in [3.63, 3.8) is 0 Å². The van der Waals surface area contributed by atoms with E-state index in [4.69, 9.17) is 0 Å². The van der Waals surface area contributed by atoms with E-state index in [0.717, 1.165) is 49.7 Å². The van der Waals surface area contributed by atoms with E-state index in [1.807, 2.05) is 26.0 Å². The predicted molar refractivity (Wildman–Crippen MR) is 145 cm³/mol. The molecule has 0 spiro atoms. The number of carbonyl (C=O) groups is 1. The molecule has 1 saturated heterocycles. The highest BCUT2D eigenvalue weighted by Gasteiger charge is 2.31. The van der Waals surface area contributed by atoms with E-state index in [9.17, 15) is 18.0 Å². The van der Waals surface area contributed by atoms with Crippen molar-refractivity contribution >= 4 is 40.3 Å². The number of anilines is 4. The second-order valence-electron chi connectivity index (χ2n) is 9.80. The molecule has 0 saturated carbocycles. The summed E-state index contributed by atoms with van der Waals surface area (Å²) in [6, 6.07) is 12.2. The molecule has 0 bridgehead atoms. The third-order valence-electron chi connectivity index (χ3n) is 6.62. The van der Waals surface area contributed by atoms with Crippen molar-refractivity contribution in [1.82, 2.24) is 24.4 Å². The zero-order valence-electron chi connectivity index (χ0n) is 21.8. The van der Waals surface area contributed by atoms with Crippen molar-refractivity contribution in [2.24, 2.45) is 0 Å². The number of carbonyl (C=O) groups excluding carboxylic acids is 1. The van der Waals surface area contributed by atoms with Gasteiger partial charge in [0.1, 0.15) is 5.52 Å². The van der Waals surface area contributed by atoms with Crippen molar-refractivity contribution in [1.29, 1.82) is 0 Å². The molecule has 1 aliphatic rings. The van der Waals surface area contributed by atoms with Gasteiger partial charge in [0.25, 0.3) is 5.91 Å². The average molecular weight is 539 g/mol. The van der Waals surface area contributed by atoms with Crippen LogP contribution in [-0.2, 0) is 6.18 Å². The van der Waals surface area contributed by atoms with Gasteiger partial charge in [-0.3, -0.25) is 14.7 Å². The van der Waals surface area contributed by atoms with Crippen LogP contribution in [0.1, 0.15) is 35.8 Å². The van der Waals surface area contributed by atoms with Gasteiger partial charge < -0.3 is 15.1 Å². The highest BCUT2D eigenvalue weighted by Crippen LogP contribution is 2.30.